The number of piperidine rings is 1. The molecule has 2 saturated heterocycles. The highest BCUT2D eigenvalue weighted by Crippen LogP contribution is 2.36. The van der Waals surface area contributed by atoms with Crippen molar-refractivity contribution in [2.45, 2.75) is 64.2 Å². The highest BCUT2D eigenvalue weighted by Gasteiger charge is 2.47. The van der Waals surface area contributed by atoms with Gasteiger partial charge in [0, 0.05) is 25.2 Å². The largest absolute Gasteiger partial charge is 0.367 e. The summed E-state index contributed by atoms with van der Waals surface area (Å²) in [6.45, 7) is 17.3. The molecule has 4 heteroatoms. The van der Waals surface area contributed by atoms with Gasteiger partial charge in [-0.1, -0.05) is 6.92 Å². The summed E-state index contributed by atoms with van der Waals surface area (Å²) in [6.07, 6.45) is 2.37. The van der Waals surface area contributed by atoms with Gasteiger partial charge < -0.3 is 15.4 Å². The first-order valence-electron chi connectivity index (χ1n) is 8.10. The van der Waals surface area contributed by atoms with Crippen LogP contribution in [0.3, 0.4) is 0 Å². The Morgan fingerprint density at radius 1 is 1.00 bits per heavy atom. The lowest BCUT2D eigenvalue weighted by atomic mass is 9.82. The monoisotopic (exact) mass is 283 g/mol. The fourth-order valence-corrected chi connectivity index (χ4v) is 4.06. The quantitative estimate of drug-likeness (QED) is 0.856. The van der Waals surface area contributed by atoms with Gasteiger partial charge in [-0.25, -0.2) is 0 Å². The number of rotatable bonds is 3. The van der Waals surface area contributed by atoms with Crippen molar-refractivity contribution in [3.63, 3.8) is 0 Å². The topological polar surface area (TPSA) is 41.7 Å². The van der Waals surface area contributed by atoms with E-state index < -0.39 is 0 Å². The van der Waals surface area contributed by atoms with Crippen LogP contribution in [0.4, 0.5) is 0 Å². The molecule has 2 rings (SSSR count). The van der Waals surface area contributed by atoms with Crippen LogP contribution < -0.4 is 5.73 Å². The Morgan fingerprint density at radius 2 is 1.50 bits per heavy atom. The summed E-state index contributed by atoms with van der Waals surface area (Å²) in [5.74, 6) is 0. The Labute approximate surface area is 124 Å². The van der Waals surface area contributed by atoms with Crippen molar-refractivity contribution in [1.29, 1.82) is 0 Å². The molecule has 2 aliphatic rings. The lowest BCUT2D eigenvalue weighted by molar-refractivity contribution is -0.203. The van der Waals surface area contributed by atoms with E-state index in [0.29, 0.717) is 0 Å². The van der Waals surface area contributed by atoms with E-state index in [1.54, 1.807) is 0 Å². The molecule has 0 saturated carbocycles. The van der Waals surface area contributed by atoms with Gasteiger partial charge in [0.15, 0.2) is 0 Å². The van der Waals surface area contributed by atoms with Crippen molar-refractivity contribution < 1.29 is 4.74 Å². The van der Waals surface area contributed by atoms with E-state index in [0.717, 1.165) is 26.2 Å². The summed E-state index contributed by atoms with van der Waals surface area (Å²) in [7, 11) is 0. The maximum Gasteiger partial charge on any atom is 0.0761 e. The third-order valence-electron chi connectivity index (χ3n) is 4.98. The first kappa shape index (κ1) is 16.2. The Balaban J connectivity index is 2.15. The van der Waals surface area contributed by atoms with Gasteiger partial charge in [-0.2, -0.15) is 0 Å². The van der Waals surface area contributed by atoms with Crippen LogP contribution in [0.1, 0.15) is 47.5 Å². The zero-order valence-electron chi connectivity index (χ0n) is 14.0. The molecule has 2 aliphatic heterocycles. The van der Waals surface area contributed by atoms with E-state index in [-0.39, 0.29) is 16.7 Å². The number of hydrogen-bond donors (Lipinski definition) is 1. The van der Waals surface area contributed by atoms with Crippen molar-refractivity contribution in [3.8, 4) is 0 Å². The van der Waals surface area contributed by atoms with E-state index in [1.165, 1.54) is 25.9 Å². The van der Waals surface area contributed by atoms with Crippen molar-refractivity contribution >= 4 is 0 Å². The van der Waals surface area contributed by atoms with Crippen molar-refractivity contribution in [2.75, 3.05) is 39.3 Å². The minimum absolute atomic E-state index is 0.0915. The molecule has 0 bridgehead atoms. The smallest absolute Gasteiger partial charge is 0.0761 e. The fraction of sp³-hybridized carbons (Fsp3) is 1.00. The molecular formula is C16H33N3O. The van der Waals surface area contributed by atoms with E-state index in [9.17, 15) is 0 Å². The Kier molecular flexibility index (Phi) is 4.51. The molecule has 4 nitrogen and oxygen atoms in total. The molecule has 0 amide bonds. The molecule has 2 heterocycles. The van der Waals surface area contributed by atoms with Gasteiger partial charge in [-0.3, -0.25) is 4.90 Å². The minimum Gasteiger partial charge on any atom is -0.367 e. The van der Waals surface area contributed by atoms with E-state index in [4.69, 9.17) is 10.5 Å². The second-order valence-electron chi connectivity index (χ2n) is 7.84. The number of nitrogens with two attached hydrogens (primary N) is 1. The molecular weight excluding hydrogens is 250 g/mol. The lowest BCUT2D eigenvalue weighted by Gasteiger charge is -2.56. The molecule has 0 unspecified atom stereocenters. The SMILES string of the molecule is CCN1CCC(CN)(N2CC(C)(C)OC(C)(C)C2)CC1. The van der Waals surface area contributed by atoms with Gasteiger partial charge in [-0.05, 0) is 60.2 Å². The van der Waals surface area contributed by atoms with Crippen molar-refractivity contribution in [3.05, 3.63) is 0 Å². The highest BCUT2D eigenvalue weighted by atomic mass is 16.5. The van der Waals surface area contributed by atoms with Crippen molar-refractivity contribution in [2.24, 2.45) is 5.73 Å². The number of ether oxygens (including phenoxy) is 1. The molecule has 2 N–H and O–H groups in total. The third-order valence-corrected chi connectivity index (χ3v) is 4.98. The van der Waals surface area contributed by atoms with Gasteiger partial charge in [0.2, 0.25) is 0 Å². The van der Waals surface area contributed by atoms with Crippen LogP contribution in [0, 0.1) is 0 Å². The predicted molar refractivity (Wildman–Crippen MR) is 83.9 cm³/mol. The second-order valence-corrected chi connectivity index (χ2v) is 7.84. The molecule has 0 spiro atoms. The Morgan fingerprint density at radius 3 is 1.90 bits per heavy atom. The van der Waals surface area contributed by atoms with E-state index >= 15 is 0 Å². The van der Waals surface area contributed by atoms with E-state index in [2.05, 4.69) is 44.4 Å². The first-order valence-corrected chi connectivity index (χ1v) is 8.10. The van der Waals surface area contributed by atoms with Crippen LogP contribution in [0.25, 0.3) is 0 Å². The Hall–Kier alpha value is -0.160. The van der Waals surface area contributed by atoms with Crippen LogP contribution in [-0.2, 0) is 4.74 Å². The van der Waals surface area contributed by atoms with Crippen LogP contribution >= 0.6 is 0 Å². The molecule has 118 valence electrons. The van der Waals surface area contributed by atoms with E-state index in [1.807, 2.05) is 0 Å². The molecule has 0 atom stereocenters. The number of nitrogens with zero attached hydrogens (tertiary/aromatic N) is 2. The predicted octanol–water partition coefficient (Wildman–Crippen LogP) is 1.69. The average Bonchev–Trinajstić information content (AvgIpc) is 2.35. The van der Waals surface area contributed by atoms with Gasteiger partial charge in [0.05, 0.1) is 11.2 Å². The third kappa shape index (κ3) is 3.35. The summed E-state index contributed by atoms with van der Waals surface area (Å²) >= 11 is 0. The highest BCUT2D eigenvalue weighted by molar-refractivity contribution is 5.02. The Bertz CT molecular complexity index is 317. The van der Waals surface area contributed by atoms with Gasteiger partial charge in [0.1, 0.15) is 0 Å². The summed E-state index contributed by atoms with van der Waals surface area (Å²) in [5.41, 5.74) is 6.22. The lowest BCUT2D eigenvalue weighted by Crippen LogP contribution is -2.68. The van der Waals surface area contributed by atoms with Crippen LogP contribution in [0.15, 0.2) is 0 Å². The molecule has 0 radical (unpaired) electrons. The summed E-state index contributed by atoms with van der Waals surface area (Å²) in [4.78, 5) is 5.16. The van der Waals surface area contributed by atoms with Crippen molar-refractivity contribution in [1.82, 2.24) is 9.80 Å². The standard InChI is InChI=1S/C16H33N3O/c1-6-18-9-7-16(11-17,8-10-18)19-12-14(2,3)20-15(4,5)13-19/h6-13,17H2,1-5H3. The van der Waals surface area contributed by atoms with Gasteiger partial charge >= 0.3 is 0 Å². The zero-order valence-corrected chi connectivity index (χ0v) is 14.0. The molecule has 20 heavy (non-hydrogen) atoms. The van der Waals surface area contributed by atoms with Crippen LogP contribution in [0.5, 0.6) is 0 Å². The number of likely N-dealkylation sites (tertiary alicyclic amines) is 1. The normalized spacial score (nSPS) is 30.3. The molecule has 2 fully saturated rings. The first-order chi connectivity index (χ1) is 9.22. The number of morpholine rings is 1. The minimum atomic E-state index is -0.0915. The molecule has 0 aromatic heterocycles. The summed E-state index contributed by atoms with van der Waals surface area (Å²) in [6, 6.07) is 0. The fourth-order valence-electron chi connectivity index (χ4n) is 4.06. The van der Waals surface area contributed by atoms with Gasteiger partial charge in [-0.15, -0.1) is 0 Å². The summed E-state index contributed by atoms with van der Waals surface area (Å²) in [5, 5.41) is 0. The maximum absolute atomic E-state index is 6.23. The number of hydrogen-bond acceptors (Lipinski definition) is 4. The molecule has 0 aliphatic carbocycles. The van der Waals surface area contributed by atoms with Gasteiger partial charge in [0.25, 0.3) is 0 Å². The molecule has 0 aromatic rings. The second kappa shape index (κ2) is 5.56. The average molecular weight is 283 g/mol. The van der Waals surface area contributed by atoms with Crippen LogP contribution in [0.2, 0.25) is 0 Å². The maximum atomic E-state index is 6.23. The zero-order chi connectivity index (χ0) is 15.0. The summed E-state index contributed by atoms with van der Waals surface area (Å²) < 4.78 is 6.22. The van der Waals surface area contributed by atoms with Crippen LogP contribution in [-0.4, -0.2) is 65.8 Å². The molecule has 0 aromatic carbocycles.